The second-order valence-corrected chi connectivity index (χ2v) is 2.87. The van der Waals surface area contributed by atoms with E-state index in [9.17, 15) is 5.11 Å². The zero-order chi connectivity index (χ0) is 9.26. The molecule has 1 aromatic heterocycles. The molecule has 1 heterocycles. The largest absolute Gasteiger partial charge is 0.374 e. The van der Waals surface area contributed by atoms with Crippen LogP contribution in [0.1, 0.15) is 11.8 Å². The predicted molar refractivity (Wildman–Crippen MR) is 50.9 cm³/mol. The van der Waals surface area contributed by atoms with Gasteiger partial charge in [-0.3, -0.25) is 4.98 Å². The normalized spacial score (nSPS) is 13.1. The first kappa shape index (κ1) is 8.16. The van der Waals surface area contributed by atoms with Crippen LogP contribution in [0.25, 0.3) is 10.9 Å². The fraction of sp³-hybridized carbons (Fsp3) is 0.100. The van der Waals surface area contributed by atoms with Crippen LogP contribution in [-0.4, -0.2) is 10.1 Å². The highest BCUT2D eigenvalue weighted by atomic mass is 16.3. The van der Waals surface area contributed by atoms with Crippen LogP contribution >= 0.6 is 0 Å². The molecule has 2 aromatic rings. The Morgan fingerprint density at radius 2 is 2.00 bits per heavy atom. The van der Waals surface area contributed by atoms with E-state index in [1.54, 1.807) is 12.3 Å². The molecule has 1 atom stereocenters. The van der Waals surface area contributed by atoms with Crippen LogP contribution in [0.5, 0.6) is 0 Å². The quantitative estimate of drug-likeness (QED) is 0.638. The number of hydrogen-bond donors (Lipinski definition) is 2. The average Bonchev–Trinajstić information content (AvgIpc) is 2.17. The molecule has 0 saturated carbocycles. The molecule has 0 radical (unpaired) electrons. The molecule has 0 amide bonds. The minimum atomic E-state index is -0.960. The number of para-hydroxylation sites is 1. The lowest BCUT2D eigenvalue weighted by molar-refractivity contribution is 0.187. The molecule has 0 bridgehead atoms. The molecule has 0 saturated heterocycles. The van der Waals surface area contributed by atoms with Crippen molar-refractivity contribution in [1.82, 2.24) is 4.98 Å². The number of aliphatic hydroxyl groups excluding tert-OH is 1. The van der Waals surface area contributed by atoms with Crippen molar-refractivity contribution >= 4 is 10.9 Å². The summed E-state index contributed by atoms with van der Waals surface area (Å²) in [5, 5.41) is 10.2. The van der Waals surface area contributed by atoms with Crippen molar-refractivity contribution in [2.45, 2.75) is 6.23 Å². The first-order valence-electron chi connectivity index (χ1n) is 4.06. The lowest BCUT2D eigenvalue weighted by Gasteiger charge is -2.07. The molecule has 1 unspecified atom stereocenters. The van der Waals surface area contributed by atoms with E-state index in [2.05, 4.69) is 4.98 Å². The number of pyridine rings is 1. The maximum atomic E-state index is 9.26. The standard InChI is InChI=1S/C10H10N2O/c11-10(13)8-5-1-3-7-4-2-6-12-9(7)8/h1-6,10,13H,11H2. The van der Waals surface area contributed by atoms with Crippen molar-refractivity contribution in [3.8, 4) is 0 Å². The van der Waals surface area contributed by atoms with E-state index in [1.807, 2.05) is 24.3 Å². The molecule has 0 spiro atoms. The van der Waals surface area contributed by atoms with Gasteiger partial charge in [-0.1, -0.05) is 24.3 Å². The molecule has 0 aliphatic heterocycles. The first-order chi connectivity index (χ1) is 6.29. The summed E-state index contributed by atoms with van der Waals surface area (Å²) in [5.41, 5.74) is 6.82. The molecule has 2 rings (SSSR count). The van der Waals surface area contributed by atoms with Gasteiger partial charge in [-0.2, -0.15) is 0 Å². The van der Waals surface area contributed by atoms with Crippen molar-refractivity contribution in [2.75, 3.05) is 0 Å². The highest BCUT2D eigenvalue weighted by Crippen LogP contribution is 2.18. The summed E-state index contributed by atoms with van der Waals surface area (Å²) in [7, 11) is 0. The topological polar surface area (TPSA) is 59.1 Å². The zero-order valence-electron chi connectivity index (χ0n) is 7.01. The summed E-state index contributed by atoms with van der Waals surface area (Å²) in [6, 6.07) is 9.37. The van der Waals surface area contributed by atoms with Crippen LogP contribution in [0, 0.1) is 0 Å². The number of fused-ring (bicyclic) bond motifs is 1. The number of aliphatic hydroxyl groups is 1. The van der Waals surface area contributed by atoms with E-state index in [1.165, 1.54) is 0 Å². The minimum Gasteiger partial charge on any atom is -0.374 e. The van der Waals surface area contributed by atoms with Crippen LogP contribution < -0.4 is 5.73 Å². The highest BCUT2D eigenvalue weighted by molar-refractivity contribution is 5.81. The molecule has 0 aliphatic rings. The number of aromatic nitrogens is 1. The number of nitrogens with two attached hydrogens (primary N) is 1. The Hall–Kier alpha value is -1.45. The predicted octanol–water partition coefficient (Wildman–Crippen LogP) is 1.18. The van der Waals surface area contributed by atoms with Gasteiger partial charge < -0.3 is 10.8 Å². The Morgan fingerprint density at radius 1 is 1.23 bits per heavy atom. The van der Waals surface area contributed by atoms with Gasteiger partial charge in [0.15, 0.2) is 0 Å². The molecule has 3 N–H and O–H groups in total. The summed E-state index contributed by atoms with van der Waals surface area (Å²) >= 11 is 0. The van der Waals surface area contributed by atoms with Crippen LogP contribution in [0.2, 0.25) is 0 Å². The van der Waals surface area contributed by atoms with Gasteiger partial charge in [0, 0.05) is 17.1 Å². The van der Waals surface area contributed by atoms with Crippen molar-refractivity contribution in [1.29, 1.82) is 0 Å². The van der Waals surface area contributed by atoms with E-state index in [4.69, 9.17) is 5.73 Å². The van der Waals surface area contributed by atoms with Gasteiger partial charge in [0.1, 0.15) is 6.23 Å². The zero-order valence-corrected chi connectivity index (χ0v) is 7.01. The summed E-state index contributed by atoms with van der Waals surface area (Å²) < 4.78 is 0. The van der Waals surface area contributed by atoms with E-state index >= 15 is 0 Å². The van der Waals surface area contributed by atoms with Crippen molar-refractivity contribution in [3.05, 3.63) is 42.1 Å². The molecule has 0 fully saturated rings. The monoisotopic (exact) mass is 174 g/mol. The van der Waals surface area contributed by atoms with Gasteiger partial charge in [-0.15, -0.1) is 0 Å². The summed E-state index contributed by atoms with van der Waals surface area (Å²) in [5.74, 6) is 0. The van der Waals surface area contributed by atoms with Crippen LogP contribution in [0.4, 0.5) is 0 Å². The van der Waals surface area contributed by atoms with Crippen molar-refractivity contribution < 1.29 is 5.11 Å². The number of rotatable bonds is 1. The van der Waals surface area contributed by atoms with Crippen molar-refractivity contribution in [3.63, 3.8) is 0 Å². The van der Waals surface area contributed by atoms with E-state index in [0.717, 1.165) is 10.9 Å². The molecular formula is C10H10N2O. The summed E-state index contributed by atoms with van der Waals surface area (Å²) in [4.78, 5) is 4.16. The smallest absolute Gasteiger partial charge is 0.130 e. The summed E-state index contributed by atoms with van der Waals surface area (Å²) in [6.07, 6.45) is 0.729. The van der Waals surface area contributed by atoms with Gasteiger partial charge in [0.2, 0.25) is 0 Å². The lowest BCUT2D eigenvalue weighted by Crippen LogP contribution is -2.09. The summed E-state index contributed by atoms with van der Waals surface area (Å²) in [6.45, 7) is 0. The first-order valence-corrected chi connectivity index (χ1v) is 4.06. The molecule has 1 aromatic carbocycles. The SMILES string of the molecule is NC(O)c1cccc2cccnc12. The number of benzene rings is 1. The van der Waals surface area contributed by atoms with Crippen LogP contribution in [0.3, 0.4) is 0 Å². The Kier molecular flexibility index (Phi) is 1.96. The second kappa shape index (κ2) is 3.12. The molecule has 66 valence electrons. The fourth-order valence-corrected chi connectivity index (χ4v) is 1.37. The highest BCUT2D eigenvalue weighted by Gasteiger charge is 2.05. The van der Waals surface area contributed by atoms with Crippen LogP contribution in [0.15, 0.2) is 36.5 Å². The van der Waals surface area contributed by atoms with E-state index in [-0.39, 0.29) is 0 Å². The maximum absolute atomic E-state index is 9.26. The Balaban J connectivity index is 2.76. The van der Waals surface area contributed by atoms with Gasteiger partial charge in [0.25, 0.3) is 0 Å². The lowest BCUT2D eigenvalue weighted by atomic mass is 10.1. The molecule has 3 nitrogen and oxygen atoms in total. The van der Waals surface area contributed by atoms with E-state index < -0.39 is 6.23 Å². The Morgan fingerprint density at radius 3 is 2.77 bits per heavy atom. The van der Waals surface area contributed by atoms with Crippen LogP contribution in [-0.2, 0) is 0 Å². The molecule has 3 heteroatoms. The van der Waals surface area contributed by atoms with E-state index in [0.29, 0.717) is 5.56 Å². The maximum Gasteiger partial charge on any atom is 0.130 e. The minimum absolute atomic E-state index is 0.665. The third-order valence-electron chi connectivity index (χ3n) is 1.98. The van der Waals surface area contributed by atoms with Gasteiger partial charge in [0.05, 0.1) is 5.52 Å². The Labute approximate surface area is 75.8 Å². The molecular weight excluding hydrogens is 164 g/mol. The fourth-order valence-electron chi connectivity index (χ4n) is 1.37. The third-order valence-corrected chi connectivity index (χ3v) is 1.98. The average molecular weight is 174 g/mol. The third kappa shape index (κ3) is 1.39. The molecule has 0 aliphatic carbocycles. The van der Waals surface area contributed by atoms with Gasteiger partial charge in [-0.25, -0.2) is 0 Å². The molecule has 13 heavy (non-hydrogen) atoms. The van der Waals surface area contributed by atoms with Crippen molar-refractivity contribution in [2.24, 2.45) is 5.73 Å². The number of hydrogen-bond acceptors (Lipinski definition) is 3. The van der Waals surface area contributed by atoms with Gasteiger partial charge in [-0.05, 0) is 6.07 Å². The van der Waals surface area contributed by atoms with Gasteiger partial charge >= 0.3 is 0 Å². The Bertz CT molecular complexity index is 421. The second-order valence-electron chi connectivity index (χ2n) is 2.87. The number of nitrogens with zero attached hydrogens (tertiary/aromatic N) is 1.